The van der Waals surface area contributed by atoms with Crippen LogP contribution in [0.3, 0.4) is 0 Å². The van der Waals surface area contributed by atoms with Gasteiger partial charge in [-0.05, 0) is 149 Å². The number of carbonyl (C=O) groups is 1. The van der Waals surface area contributed by atoms with Crippen LogP contribution in [-0.2, 0) is 4.79 Å². The Kier molecular flexibility index (Phi) is 14.4. The summed E-state index contributed by atoms with van der Waals surface area (Å²) in [6, 6.07) is 0.148. The maximum absolute atomic E-state index is 15.1. The number of nitrogens with two attached hydrogens (primary N) is 1. The minimum atomic E-state index is -1.62. The summed E-state index contributed by atoms with van der Waals surface area (Å²) >= 11 is 0. The molecule has 13 nitrogen and oxygen atoms in total. The molecule has 0 aromatic carbocycles. The highest BCUT2D eigenvalue weighted by Crippen LogP contribution is 2.75. The van der Waals surface area contributed by atoms with E-state index in [4.69, 9.17) is 10.7 Å². The molecule has 2 heterocycles. The van der Waals surface area contributed by atoms with E-state index in [1.165, 1.54) is 44.1 Å². The van der Waals surface area contributed by atoms with Gasteiger partial charge in [-0.1, -0.05) is 72.8 Å². The zero-order valence-electron chi connectivity index (χ0n) is 40.8. The molecule has 6 saturated carbocycles. The molecule has 1 spiro atoms. The van der Waals surface area contributed by atoms with Crippen LogP contribution < -0.4 is 16.4 Å². The van der Waals surface area contributed by atoms with Crippen molar-refractivity contribution in [1.29, 1.82) is 0 Å². The molecule has 1 saturated heterocycles. The van der Waals surface area contributed by atoms with Crippen LogP contribution in [0.2, 0.25) is 0 Å². The van der Waals surface area contributed by atoms with Crippen LogP contribution >= 0.6 is 21.6 Å². The topological polar surface area (TPSA) is 219 Å². The maximum Gasteiger partial charge on any atom is 0.190 e. The summed E-state index contributed by atoms with van der Waals surface area (Å²) in [6.07, 6.45) is 17.9. The first-order chi connectivity index (χ1) is 31.9. The van der Waals surface area contributed by atoms with Crippen molar-refractivity contribution in [3.05, 3.63) is 41.5 Å². The summed E-state index contributed by atoms with van der Waals surface area (Å²) in [5.74, 6) is -1.77. The molecule has 15 heteroatoms. The Bertz CT molecular complexity index is 2040. The van der Waals surface area contributed by atoms with Gasteiger partial charge in [-0.3, -0.25) is 9.79 Å². The van der Waals surface area contributed by atoms with Gasteiger partial charge in [0.25, 0.3) is 0 Å². The van der Waals surface area contributed by atoms with Crippen molar-refractivity contribution in [2.75, 3.05) is 38.2 Å². The number of aliphatic imine (C=N–C) groups is 1. The Morgan fingerprint density at radius 1 is 1.00 bits per heavy atom. The smallest absolute Gasteiger partial charge is 0.190 e. The van der Waals surface area contributed by atoms with Gasteiger partial charge in [-0.25, -0.2) is 4.98 Å². The van der Waals surface area contributed by atoms with E-state index in [1.54, 1.807) is 36.4 Å². The highest BCUT2D eigenvalue weighted by molar-refractivity contribution is 8.76. The van der Waals surface area contributed by atoms with Crippen molar-refractivity contribution in [2.45, 2.75) is 160 Å². The zero-order chi connectivity index (χ0) is 47.7. The zero-order valence-corrected chi connectivity index (χ0v) is 42.4. The number of aromatic nitrogens is 2. The summed E-state index contributed by atoms with van der Waals surface area (Å²) in [5, 5.41) is 79.9. The Morgan fingerprint density at radius 2 is 1.75 bits per heavy atom. The number of rotatable bonds is 7. The molecule has 67 heavy (non-hydrogen) atoms. The minimum absolute atomic E-state index is 0.0844. The average molecular weight is 967 g/mol. The standard InChI is InChI=1S/C52H82N6O7S2/c1-30(60)57-47(53)56-25-35-37-12-8-11-34-39-18-32(52(65,51(37,39)28-59)40-20-42(62)45-36(24-54-5)46(64)43(63)23-49(45,4)44(35)40)26-66-67-27-33(58-17-16-55-29-58)22-48(2,3)38(19-41(34)61)31-10-9-15-50(21-31)13-6-7-14-50/h16-17,20,29-30,32-37,39,41,43-46,54,59-61,63-65H,6-15,18-19,21-28H2,1-5H3,(H3,53,56,57). The normalized spacial score (nSPS) is 44.8. The van der Waals surface area contributed by atoms with Gasteiger partial charge in [0.15, 0.2) is 11.7 Å². The highest BCUT2D eigenvalue weighted by Gasteiger charge is 2.77. The summed E-state index contributed by atoms with van der Waals surface area (Å²) in [6.45, 7) is 8.69. The molecule has 0 radical (unpaired) electrons. The first kappa shape index (κ1) is 50.0. The number of aliphatic hydroxyl groups is 6. The van der Waals surface area contributed by atoms with Gasteiger partial charge >= 0.3 is 0 Å². The molecular formula is C52H82N6O7S2. The molecule has 7 aliphatic carbocycles. The summed E-state index contributed by atoms with van der Waals surface area (Å²) < 4.78 is 2.26. The molecule has 16 unspecified atom stereocenters. The third kappa shape index (κ3) is 8.43. The molecule has 9 rings (SSSR count). The van der Waals surface area contributed by atoms with Crippen LogP contribution in [-0.4, -0.2) is 120 Å². The Labute approximate surface area is 406 Å². The molecule has 2 bridgehead atoms. The van der Waals surface area contributed by atoms with Crippen LogP contribution in [0.1, 0.15) is 130 Å². The Hall–Kier alpha value is -1.95. The SMILES string of the molecule is CNCC1C(O)C(O)CC2(C)C1C(=O)C=C1C2C(CN=C(N)NC(C)O)C2CCCC3C(O)CC(=C4CCCC5(CCCC5)C4)C(C)(C)CC(n4ccnc4)CSSCC4CC3C2(CO)C14O. The predicted octanol–water partition coefficient (Wildman–Crippen LogP) is 5.76. The maximum atomic E-state index is 15.1. The third-order valence-corrected chi connectivity index (χ3v) is 22.4. The van der Waals surface area contributed by atoms with Gasteiger partial charge in [0, 0.05) is 66.2 Å². The number of hydrogen-bond donors (Lipinski definition) is 9. The Balaban J connectivity index is 1.21. The quantitative estimate of drug-likeness (QED) is 0.0523. The van der Waals surface area contributed by atoms with Crippen LogP contribution in [0.25, 0.3) is 0 Å². The molecule has 0 amide bonds. The Morgan fingerprint density at radius 3 is 2.45 bits per heavy atom. The van der Waals surface area contributed by atoms with Crippen LogP contribution in [0, 0.1) is 69.0 Å². The van der Waals surface area contributed by atoms with Crippen LogP contribution in [0.4, 0.5) is 0 Å². The molecule has 1 aromatic rings. The minimum Gasteiger partial charge on any atom is -0.396 e. The van der Waals surface area contributed by atoms with Crippen LogP contribution in [0.15, 0.2) is 46.5 Å². The molecule has 16 atom stereocenters. The van der Waals surface area contributed by atoms with E-state index in [1.807, 2.05) is 23.3 Å². The number of aliphatic hydroxyl groups excluding tert-OH is 5. The fraction of sp³-hybridized carbons (Fsp3) is 0.827. The van der Waals surface area contributed by atoms with Gasteiger partial charge in [-0.2, -0.15) is 0 Å². The number of ketones is 1. The van der Waals surface area contributed by atoms with Crippen molar-refractivity contribution < 1.29 is 35.4 Å². The average Bonchev–Trinajstić information content (AvgIpc) is 4.00. The lowest BCUT2D eigenvalue weighted by molar-refractivity contribution is -0.213. The largest absolute Gasteiger partial charge is 0.396 e. The third-order valence-electron chi connectivity index (χ3n) is 19.8. The monoisotopic (exact) mass is 967 g/mol. The van der Waals surface area contributed by atoms with Gasteiger partial charge in [0.2, 0.25) is 0 Å². The fourth-order valence-electron chi connectivity index (χ4n) is 17.4. The fourth-order valence-corrected chi connectivity index (χ4v) is 20.1. The van der Waals surface area contributed by atoms with Crippen molar-refractivity contribution in [3.8, 4) is 0 Å². The lowest BCUT2D eigenvalue weighted by Crippen LogP contribution is -2.71. The highest BCUT2D eigenvalue weighted by atomic mass is 33.1. The lowest BCUT2D eigenvalue weighted by atomic mass is 9.38. The molecule has 10 N–H and O–H groups in total. The van der Waals surface area contributed by atoms with E-state index >= 15 is 4.79 Å². The summed E-state index contributed by atoms with van der Waals surface area (Å²) in [5.41, 5.74) is 6.55. The van der Waals surface area contributed by atoms with Crippen molar-refractivity contribution in [1.82, 2.24) is 20.2 Å². The van der Waals surface area contributed by atoms with E-state index in [2.05, 4.69) is 47.2 Å². The van der Waals surface area contributed by atoms with Gasteiger partial charge in [0.05, 0.1) is 36.8 Å². The molecule has 1 aromatic heterocycles. The van der Waals surface area contributed by atoms with Crippen molar-refractivity contribution in [2.24, 2.45) is 79.7 Å². The number of guanidine groups is 1. The number of nitrogens with zero attached hydrogens (tertiary/aromatic N) is 3. The first-order valence-corrected chi connectivity index (χ1v) is 28.4. The summed E-state index contributed by atoms with van der Waals surface area (Å²) in [4.78, 5) is 24.5. The van der Waals surface area contributed by atoms with Crippen molar-refractivity contribution >= 4 is 33.3 Å². The molecule has 1 aliphatic heterocycles. The lowest BCUT2D eigenvalue weighted by Gasteiger charge is -2.67. The number of hydrogen-bond acceptors (Lipinski definition) is 12. The van der Waals surface area contributed by atoms with Gasteiger partial charge in [0.1, 0.15) is 6.23 Å². The van der Waals surface area contributed by atoms with Crippen molar-refractivity contribution in [3.63, 3.8) is 0 Å². The number of nitrogens with one attached hydrogen (secondary N) is 2. The second kappa shape index (κ2) is 19.2. The molecular weight excluding hydrogens is 885 g/mol. The van der Waals surface area contributed by atoms with E-state index in [0.717, 1.165) is 37.9 Å². The van der Waals surface area contributed by atoms with E-state index in [9.17, 15) is 30.6 Å². The van der Waals surface area contributed by atoms with Gasteiger partial charge in [-0.15, -0.1) is 0 Å². The second-order valence-electron chi connectivity index (χ2n) is 23.8. The van der Waals surface area contributed by atoms with E-state index in [-0.39, 0.29) is 72.4 Å². The number of allylic oxidation sites excluding steroid dienone is 2. The number of fused-ring (bicyclic) bond motifs is 6. The van der Waals surface area contributed by atoms with Gasteiger partial charge < -0.3 is 51.6 Å². The second-order valence-corrected chi connectivity index (χ2v) is 26.3. The van der Waals surface area contributed by atoms with Crippen LogP contribution in [0.5, 0.6) is 0 Å². The molecule has 374 valence electrons. The predicted molar refractivity (Wildman–Crippen MR) is 266 cm³/mol. The molecule has 8 aliphatic rings. The molecule has 7 fully saturated rings. The number of carbonyl (C=O) groups excluding carboxylic acids is 1. The first-order valence-electron chi connectivity index (χ1n) is 25.9. The number of imidazole rings is 1. The van der Waals surface area contributed by atoms with E-state index in [0.29, 0.717) is 42.5 Å². The van der Waals surface area contributed by atoms with E-state index < -0.39 is 58.7 Å². The summed E-state index contributed by atoms with van der Waals surface area (Å²) in [7, 11) is 5.39.